The first-order valence-electron chi connectivity index (χ1n) is 8.86. The van der Waals surface area contributed by atoms with E-state index in [9.17, 15) is 0 Å². The number of aliphatic imine (C=N–C) groups is 1. The van der Waals surface area contributed by atoms with Gasteiger partial charge in [-0.25, -0.2) is 9.98 Å². The molecule has 25 heavy (non-hydrogen) atoms. The second-order valence-corrected chi connectivity index (χ2v) is 6.01. The molecule has 1 unspecified atom stereocenters. The largest absolute Gasteiger partial charge is 0.481 e. The molecule has 7 heteroatoms. The summed E-state index contributed by atoms with van der Waals surface area (Å²) in [5.74, 6) is 2.11. The number of hydrogen-bond acceptors (Lipinski definition) is 5. The summed E-state index contributed by atoms with van der Waals surface area (Å²) in [6.45, 7) is 7.50. The van der Waals surface area contributed by atoms with Crippen molar-refractivity contribution in [2.75, 3.05) is 53.7 Å². The first kappa shape index (κ1) is 19.5. The molecule has 0 bridgehead atoms. The summed E-state index contributed by atoms with van der Waals surface area (Å²) in [5.41, 5.74) is 0.985. The number of ether oxygens (including phenoxy) is 3. The minimum absolute atomic E-state index is 0.536. The third-order valence-corrected chi connectivity index (χ3v) is 4.15. The van der Waals surface area contributed by atoms with E-state index in [1.54, 1.807) is 20.4 Å². The van der Waals surface area contributed by atoms with Crippen LogP contribution in [0.3, 0.4) is 0 Å². The highest BCUT2D eigenvalue weighted by molar-refractivity contribution is 5.80. The number of guanidine groups is 1. The van der Waals surface area contributed by atoms with E-state index in [0.717, 1.165) is 44.2 Å². The Morgan fingerprint density at radius 1 is 1.40 bits per heavy atom. The zero-order valence-electron chi connectivity index (χ0n) is 15.5. The van der Waals surface area contributed by atoms with Crippen LogP contribution in [0.2, 0.25) is 0 Å². The van der Waals surface area contributed by atoms with Crippen molar-refractivity contribution in [2.24, 2.45) is 10.9 Å². The fourth-order valence-corrected chi connectivity index (χ4v) is 2.87. The Morgan fingerprint density at radius 2 is 2.28 bits per heavy atom. The smallest absolute Gasteiger partial charge is 0.218 e. The molecule has 2 rings (SSSR count). The van der Waals surface area contributed by atoms with Crippen molar-refractivity contribution in [1.29, 1.82) is 0 Å². The van der Waals surface area contributed by atoms with E-state index in [4.69, 9.17) is 19.2 Å². The highest BCUT2D eigenvalue weighted by atomic mass is 16.5. The van der Waals surface area contributed by atoms with Crippen molar-refractivity contribution in [2.45, 2.75) is 19.9 Å². The van der Waals surface area contributed by atoms with Gasteiger partial charge in [-0.15, -0.1) is 0 Å². The van der Waals surface area contributed by atoms with Crippen LogP contribution in [0.15, 0.2) is 23.3 Å². The lowest BCUT2D eigenvalue weighted by molar-refractivity contribution is 0.0536. The third kappa shape index (κ3) is 6.17. The van der Waals surface area contributed by atoms with Crippen LogP contribution in [-0.4, -0.2) is 69.5 Å². The standard InChI is InChI=1S/C18H30N4O3/c1-4-19-18(21-12-16-6-5-8-20-17(16)24-3)22-9-7-15(13-22)14-25-11-10-23-2/h5-6,8,15H,4,7,9-14H2,1-3H3,(H,19,21). The van der Waals surface area contributed by atoms with E-state index in [1.807, 2.05) is 12.1 Å². The van der Waals surface area contributed by atoms with Gasteiger partial charge in [-0.2, -0.15) is 0 Å². The molecule has 7 nitrogen and oxygen atoms in total. The molecule has 1 aromatic rings. The van der Waals surface area contributed by atoms with Gasteiger partial charge < -0.3 is 24.4 Å². The van der Waals surface area contributed by atoms with Crippen molar-refractivity contribution in [3.05, 3.63) is 23.9 Å². The quantitative estimate of drug-likeness (QED) is 0.414. The second-order valence-electron chi connectivity index (χ2n) is 6.01. The number of likely N-dealkylation sites (tertiary alicyclic amines) is 1. The molecule has 0 aliphatic carbocycles. The number of pyridine rings is 1. The maximum atomic E-state index is 5.67. The number of hydrogen-bond donors (Lipinski definition) is 1. The summed E-state index contributed by atoms with van der Waals surface area (Å²) in [6, 6.07) is 3.90. The molecule has 1 atom stereocenters. The number of methoxy groups -OCH3 is 2. The Kier molecular flexibility index (Phi) is 8.48. The molecule has 1 aliphatic heterocycles. The maximum absolute atomic E-state index is 5.67. The van der Waals surface area contributed by atoms with Crippen LogP contribution < -0.4 is 10.1 Å². The van der Waals surface area contributed by atoms with E-state index < -0.39 is 0 Å². The zero-order valence-corrected chi connectivity index (χ0v) is 15.5. The molecular weight excluding hydrogens is 320 g/mol. The lowest BCUT2D eigenvalue weighted by atomic mass is 10.1. The molecule has 0 amide bonds. The van der Waals surface area contributed by atoms with E-state index in [0.29, 0.717) is 31.6 Å². The monoisotopic (exact) mass is 350 g/mol. The fraction of sp³-hybridized carbons (Fsp3) is 0.667. The van der Waals surface area contributed by atoms with Gasteiger partial charge in [-0.3, -0.25) is 0 Å². The molecule has 1 N–H and O–H groups in total. The first-order chi connectivity index (χ1) is 12.3. The average Bonchev–Trinajstić information content (AvgIpc) is 3.11. The molecular formula is C18H30N4O3. The summed E-state index contributed by atoms with van der Waals surface area (Å²) in [6.07, 6.45) is 2.85. The molecule has 0 spiro atoms. The van der Waals surface area contributed by atoms with Crippen LogP contribution in [0.25, 0.3) is 0 Å². The average molecular weight is 350 g/mol. The molecule has 0 saturated carbocycles. The number of aromatic nitrogens is 1. The lowest BCUT2D eigenvalue weighted by Crippen LogP contribution is -2.40. The Balaban J connectivity index is 1.91. The van der Waals surface area contributed by atoms with Gasteiger partial charge in [0.2, 0.25) is 5.88 Å². The topological polar surface area (TPSA) is 68.2 Å². The Bertz CT molecular complexity index is 539. The highest BCUT2D eigenvalue weighted by Gasteiger charge is 2.25. The van der Waals surface area contributed by atoms with E-state index in [-0.39, 0.29) is 0 Å². The van der Waals surface area contributed by atoms with Gasteiger partial charge in [0.1, 0.15) is 0 Å². The number of nitrogens with one attached hydrogen (secondary N) is 1. The van der Waals surface area contributed by atoms with Crippen LogP contribution in [0.4, 0.5) is 0 Å². The molecule has 1 aliphatic rings. The maximum Gasteiger partial charge on any atom is 0.218 e. The summed E-state index contributed by atoms with van der Waals surface area (Å²) in [5, 5.41) is 3.38. The van der Waals surface area contributed by atoms with Gasteiger partial charge in [-0.05, 0) is 19.4 Å². The summed E-state index contributed by atoms with van der Waals surface area (Å²) < 4.78 is 16.0. The Labute approximate surface area is 150 Å². The minimum Gasteiger partial charge on any atom is -0.481 e. The number of rotatable bonds is 9. The minimum atomic E-state index is 0.536. The van der Waals surface area contributed by atoms with Gasteiger partial charge >= 0.3 is 0 Å². The Morgan fingerprint density at radius 3 is 3.04 bits per heavy atom. The Hall–Kier alpha value is -1.86. The van der Waals surface area contributed by atoms with Crippen LogP contribution in [-0.2, 0) is 16.0 Å². The number of nitrogens with zero attached hydrogens (tertiary/aromatic N) is 3. The summed E-state index contributed by atoms with van der Waals surface area (Å²) >= 11 is 0. The van der Waals surface area contributed by atoms with Crippen molar-refractivity contribution in [1.82, 2.24) is 15.2 Å². The molecule has 1 saturated heterocycles. The third-order valence-electron chi connectivity index (χ3n) is 4.15. The van der Waals surface area contributed by atoms with E-state index >= 15 is 0 Å². The van der Waals surface area contributed by atoms with Gasteiger partial charge in [-0.1, -0.05) is 6.07 Å². The first-order valence-corrected chi connectivity index (χ1v) is 8.86. The molecule has 1 fully saturated rings. The van der Waals surface area contributed by atoms with E-state index in [1.165, 1.54) is 0 Å². The fourth-order valence-electron chi connectivity index (χ4n) is 2.87. The molecule has 0 aromatic carbocycles. The van der Waals surface area contributed by atoms with Crippen molar-refractivity contribution >= 4 is 5.96 Å². The molecule has 0 radical (unpaired) electrons. The lowest BCUT2D eigenvalue weighted by Gasteiger charge is -2.22. The van der Waals surface area contributed by atoms with Gasteiger partial charge in [0.05, 0.1) is 33.5 Å². The highest BCUT2D eigenvalue weighted by Crippen LogP contribution is 2.18. The van der Waals surface area contributed by atoms with Crippen molar-refractivity contribution < 1.29 is 14.2 Å². The van der Waals surface area contributed by atoms with E-state index in [2.05, 4.69) is 22.1 Å². The van der Waals surface area contributed by atoms with Crippen LogP contribution in [0.1, 0.15) is 18.9 Å². The summed E-state index contributed by atoms with van der Waals surface area (Å²) in [4.78, 5) is 11.3. The summed E-state index contributed by atoms with van der Waals surface area (Å²) in [7, 11) is 3.33. The van der Waals surface area contributed by atoms with Crippen molar-refractivity contribution in [3.63, 3.8) is 0 Å². The normalized spacial score (nSPS) is 17.8. The predicted molar refractivity (Wildman–Crippen MR) is 98.0 cm³/mol. The second kappa shape index (κ2) is 10.9. The van der Waals surface area contributed by atoms with Crippen molar-refractivity contribution in [3.8, 4) is 5.88 Å². The van der Waals surface area contributed by atoms with Gasteiger partial charge in [0, 0.05) is 44.4 Å². The SMILES string of the molecule is CCNC(=NCc1cccnc1OC)N1CCC(COCCOC)C1. The molecule has 2 heterocycles. The van der Waals surface area contributed by atoms with Crippen LogP contribution in [0.5, 0.6) is 5.88 Å². The predicted octanol–water partition coefficient (Wildman–Crippen LogP) is 1.54. The molecule has 1 aromatic heterocycles. The van der Waals surface area contributed by atoms with Gasteiger partial charge in [0.15, 0.2) is 5.96 Å². The van der Waals surface area contributed by atoms with Crippen LogP contribution >= 0.6 is 0 Å². The van der Waals surface area contributed by atoms with Gasteiger partial charge in [0.25, 0.3) is 0 Å². The zero-order chi connectivity index (χ0) is 17.9. The molecule has 140 valence electrons. The van der Waals surface area contributed by atoms with Crippen LogP contribution in [0, 0.1) is 5.92 Å².